The summed E-state index contributed by atoms with van der Waals surface area (Å²) < 4.78 is 5.62. The molecular weight excluding hydrogens is 292 g/mol. The van der Waals surface area contributed by atoms with Crippen molar-refractivity contribution >= 4 is 0 Å². The first-order valence-electron chi connectivity index (χ1n) is 9.27. The summed E-state index contributed by atoms with van der Waals surface area (Å²) in [6, 6.07) is 8.46. The van der Waals surface area contributed by atoms with Crippen LogP contribution in [0.15, 0.2) is 48.6 Å². The van der Waals surface area contributed by atoms with Crippen molar-refractivity contribution in [1.82, 2.24) is 0 Å². The Bertz CT molecular complexity index is 575. The lowest BCUT2D eigenvalue weighted by Gasteiger charge is -2.22. The van der Waals surface area contributed by atoms with Crippen molar-refractivity contribution in [1.29, 1.82) is 0 Å². The Labute approximate surface area is 147 Å². The van der Waals surface area contributed by atoms with Crippen LogP contribution in [0, 0.1) is 23.7 Å². The molecule has 1 fully saturated rings. The lowest BCUT2D eigenvalue weighted by molar-refractivity contribution is 0.148. The molecule has 0 spiro atoms. The molecule has 0 aliphatic heterocycles. The maximum atomic E-state index is 5.62. The molecule has 1 heteroatoms. The molecule has 0 radical (unpaired) electrons. The molecule has 0 amide bonds. The Morgan fingerprint density at radius 2 is 1.83 bits per heavy atom. The van der Waals surface area contributed by atoms with Crippen molar-refractivity contribution < 1.29 is 4.74 Å². The predicted octanol–water partition coefficient (Wildman–Crippen LogP) is 5.90. The molecule has 128 valence electrons. The number of allylic oxidation sites excluding steroid dienone is 3. The van der Waals surface area contributed by atoms with Crippen LogP contribution in [0.4, 0.5) is 0 Å². The van der Waals surface area contributed by atoms with Crippen molar-refractivity contribution in [3.8, 4) is 11.8 Å². The van der Waals surface area contributed by atoms with E-state index < -0.39 is 0 Å². The summed E-state index contributed by atoms with van der Waals surface area (Å²) in [5.41, 5.74) is 2.32. The van der Waals surface area contributed by atoms with Gasteiger partial charge in [-0.2, -0.15) is 0 Å². The van der Waals surface area contributed by atoms with Gasteiger partial charge in [0.1, 0.15) is 0 Å². The van der Waals surface area contributed by atoms with E-state index in [0.29, 0.717) is 19.1 Å². The number of ether oxygens (including phenoxy) is 1. The molecule has 2 rings (SSSR count). The number of hydrogen-bond donors (Lipinski definition) is 0. The normalized spacial score (nSPS) is 21.1. The van der Waals surface area contributed by atoms with Gasteiger partial charge in [-0.25, -0.2) is 0 Å². The van der Waals surface area contributed by atoms with E-state index in [1.54, 1.807) is 0 Å². The monoisotopic (exact) mass is 322 g/mol. The minimum absolute atomic E-state index is 0.569. The van der Waals surface area contributed by atoms with E-state index in [-0.39, 0.29) is 0 Å². The molecule has 1 saturated carbocycles. The minimum atomic E-state index is 0.569. The Kier molecular flexibility index (Phi) is 8.42. The summed E-state index contributed by atoms with van der Waals surface area (Å²) >= 11 is 0. The molecule has 0 unspecified atom stereocenters. The topological polar surface area (TPSA) is 9.23 Å². The molecule has 1 aliphatic carbocycles. The number of hydrogen-bond acceptors (Lipinski definition) is 1. The Morgan fingerprint density at radius 3 is 2.50 bits per heavy atom. The van der Waals surface area contributed by atoms with Gasteiger partial charge in [0.15, 0.2) is 0 Å². The van der Waals surface area contributed by atoms with Gasteiger partial charge in [0.25, 0.3) is 0 Å². The summed E-state index contributed by atoms with van der Waals surface area (Å²) in [4.78, 5) is 0. The van der Waals surface area contributed by atoms with Crippen molar-refractivity contribution in [3.63, 3.8) is 0 Å². The standard InChI is InChI=1S/C23H30O/c1-3-5-6-18-24-19-23-16-14-22(15-17-23)13-12-21-10-8-20(7-4-2)9-11-21/h4-7,14-17,20-21H,3,8-11,18-19H2,1-2H3/t20-,21-. The van der Waals surface area contributed by atoms with Gasteiger partial charge in [0, 0.05) is 11.5 Å². The van der Waals surface area contributed by atoms with Gasteiger partial charge >= 0.3 is 0 Å². The highest BCUT2D eigenvalue weighted by Crippen LogP contribution is 2.29. The van der Waals surface area contributed by atoms with Gasteiger partial charge in [0.2, 0.25) is 0 Å². The fourth-order valence-corrected chi connectivity index (χ4v) is 3.08. The zero-order valence-corrected chi connectivity index (χ0v) is 15.1. The largest absolute Gasteiger partial charge is 0.373 e. The Morgan fingerprint density at radius 1 is 1.08 bits per heavy atom. The van der Waals surface area contributed by atoms with Crippen LogP contribution < -0.4 is 0 Å². The molecule has 1 aromatic rings. The molecule has 0 N–H and O–H groups in total. The molecule has 0 atom stereocenters. The highest BCUT2D eigenvalue weighted by atomic mass is 16.5. The third-order valence-electron chi connectivity index (χ3n) is 4.50. The van der Waals surface area contributed by atoms with Crippen LogP contribution in [-0.4, -0.2) is 6.61 Å². The van der Waals surface area contributed by atoms with Crippen LogP contribution in [-0.2, 0) is 11.3 Å². The Hall–Kier alpha value is -1.78. The second kappa shape index (κ2) is 10.9. The summed E-state index contributed by atoms with van der Waals surface area (Å²) in [7, 11) is 0. The molecule has 24 heavy (non-hydrogen) atoms. The van der Waals surface area contributed by atoms with Gasteiger partial charge in [-0.05, 0) is 62.6 Å². The number of rotatable bonds is 6. The van der Waals surface area contributed by atoms with Crippen LogP contribution in [0.25, 0.3) is 0 Å². The zero-order chi connectivity index (χ0) is 17.0. The average molecular weight is 322 g/mol. The van der Waals surface area contributed by atoms with E-state index in [1.165, 1.54) is 31.2 Å². The third kappa shape index (κ3) is 6.77. The molecule has 0 saturated heterocycles. The quantitative estimate of drug-likeness (QED) is 0.360. The SMILES string of the molecule is CC=C[C@H]1CC[C@H](C#Cc2ccc(COCC=CCC)cc2)CC1. The fraction of sp³-hybridized carbons (Fsp3) is 0.478. The highest BCUT2D eigenvalue weighted by molar-refractivity contribution is 5.36. The van der Waals surface area contributed by atoms with Crippen LogP contribution in [0.2, 0.25) is 0 Å². The first-order valence-corrected chi connectivity index (χ1v) is 9.27. The number of benzene rings is 1. The maximum absolute atomic E-state index is 5.62. The van der Waals surface area contributed by atoms with E-state index in [9.17, 15) is 0 Å². The zero-order valence-electron chi connectivity index (χ0n) is 15.1. The molecule has 1 nitrogen and oxygen atoms in total. The Balaban J connectivity index is 1.77. The average Bonchev–Trinajstić information content (AvgIpc) is 2.62. The lowest BCUT2D eigenvalue weighted by Crippen LogP contribution is -2.11. The van der Waals surface area contributed by atoms with Gasteiger partial charge in [-0.1, -0.05) is 55.2 Å². The fourth-order valence-electron chi connectivity index (χ4n) is 3.08. The van der Waals surface area contributed by atoms with E-state index in [2.05, 4.69) is 74.3 Å². The second-order valence-corrected chi connectivity index (χ2v) is 6.50. The van der Waals surface area contributed by atoms with Crippen LogP contribution >= 0.6 is 0 Å². The molecule has 1 aliphatic rings. The molecule has 1 aromatic carbocycles. The van der Waals surface area contributed by atoms with Crippen molar-refractivity contribution in [3.05, 3.63) is 59.7 Å². The van der Waals surface area contributed by atoms with E-state index in [4.69, 9.17) is 4.74 Å². The minimum Gasteiger partial charge on any atom is -0.373 e. The van der Waals surface area contributed by atoms with Crippen LogP contribution in [0.3, 0.4) is 0 Å². The molecular formula is C23H30O. The van der Waals surface area contributed by atoms with E-state index in [0.717, 1.165) is 17.9 Å². The van der Waals surface area contributed by atoms with Gasteiger partial charge < -0.3 is 4.74 Å². The van der Waals surface area contributed by atoms with E-state index in [1.807, 2.05) is 0 Å². The van der Waals surface area contributed by atoms with E-state index >= 15 is 0 Å². The maximum Gasteiger partial charge on any atom is 0.0721 e. The first kappa shape index (κ1) is 18.6. The summed E-state index contributed by atoms with van der Waals surface area (Å²) in [6.07, 6.45) is 14.8. The smallest absolute Gasteiger partial charge is 0.0721 e. The van der Waals surface area contributed by atoms with Crippen LogP contribution in [0.1, 0.15) is 57.1 Å². The summed E-state index contributed by atoms with van der Waals surface area (Å²) in [6.45, 7) is 5.59. The molecule has 0 heterocycles. The third-order valence-corrected chi connectivity index (χ3v) is 4.50. The van der Waals surface area contributed by atoms with Crippen molar-refractivity contribution in [2.75, 3.05) is 6.61 Å². The van der Waals surface area contributed by atoms with Gasteiger partial charge in [-0.3, -0.25) is 0 Å². The predicted molar refractivity (Wildman–Crippen MR) is 103 cm³/mol. The van der Waals surface area contributed by atoms with Gasteiger partial charge in [-0.15, -0.1) is 0 Å². The highest BCUT2D eigenvalue weighted by Gasteiger charge is 2.17. The second-order valence-electron chi connectivity index (χ2n) is 6.50. The first-order chi connectivity index (χ1) is 11.8. The van der Waals surface area contributed by atoms with Gasteiger partial charge in [0.05, 0.1) is 13.2 Å². The molecule has 0 bridgehead atoms. The summed E-state index contributed by atoms with van der Waals surface area (Å²) in [5, 5.41) is 0. The van der Waals surface area contributed by atoms with Crippen molar-refractivity contribution in [2.45, 2.75) is 52.6 Å². The summed E-state index contributed by atoms with van der Waals surface area (Å²) in [5.74, 6) is 8.17. The van der Waals surface area contributed by atoms with Crippen molar-refractivity contribution in [2.24, 2.45) is 11.8 Å². The lowest BCUT2D eigenvalue weighted by atomic mass is 9.82. The van der Waals surface area contributed by atoms with Crippen LogP contribution in [0.5, 0.6) is 0 Å². The molecule has 0 aromatic heterocycles.